The number of aryl methyl sites for hydroxylation is 1. The van der Waals surface area contributed by atoms with Gasteiger partial charge in [0.15, 0.2) is 0 Å². The average molecular weight is 396 g/mol. The molecule has 4 rings (SSSR count). The van der Waals surface area contributed by atoms with Crippen LogP contribution in [0.15, 0.2) is 42.5 Å². The van der Waals surface area contributed by atoms with Crippen LogP contribution in [0.3, 0.4) is 0 Å². The molecular formula is C20H20N4O3S. The summed E-state index contributed by atoms with van der Waals surface area (Å²) in [5.41, 5.74) is 2.08. The molecule has 144 valence electrons. The Morgan fingerprint density at radius 2 is 1.93 bits per heavy atom. The molecule has 0 radical (unpaired) electrons. The Morgan fingerprint density at radius 3 is 2.61 bits per heavy atom. The zero-order valence-corrected chi connectivity index (χ0v) is 16.3. The molecule has 7 nitrogen and oxygen atoms in total. The first-order chi connectivity index (χ1) is 13.5. The Hall–Kier alpha value is -2.84. The van der Waals surface area contributed by atoms with Crippen molar-refractivity contribution in [3.05, 3.63) is 68.7 Å². The average Bonchev–Trinajstić information content (AvgIpc) is 3.10. The van der Waals surface area contributed by atoms with Crippen molar-refractivity contribution in [3.8, 4) is 0 Å². The molecular weight excluding hydrogens is 376 g/mol. The molecule has 0 bridgehead atoms. The minimum Gasteiger partial charge on any atom is -0.336 e. The molecule has 0 unspecified atom stereocenters. The molecule has 28 heavy (non-hydrogen) atoms. The van der Waals surface area contributed by atoms with E-state index in [1.165, 1.54) is 10.8 Å². The van der Waals surface area contributed by atoms with Crippen molar-refractivity contribution in [1.82, 2.24) is 14.8 Å². The lowest BCUT2D eigenvalue weighted by atomic mass is 10.1. The number of para-hydroxylation sites is 1. The Balaban J connectivity index is 1.37. The van der Waals surface area contributed by atoms with Gasteiger partial charge in [-0.25, -0.2) is 4.98 Å². The largest absolute Gasteiger partial charge is 0.336 e. The standard InChI is InChI=1S/C20H20N4O3S/c1-14-12-15(6-7-17(14)24(26)27)20(25)23-10-8-22(9-11-23)13-19-21-16-4-2-3-5-18(16)28-19/h2-7,12H,8-11,13H2,1H3. The van der Waals surface area contributed by atoms with Gasteiger partial charge >= 0.3 is 0 Å². The first-order valence-corrected chi connectivity index (χ1v) is 9.94. The van der Waals surface area contributed by atoms with Crippen LogP contribution in [-0.4, -0.2) is 51.8 Å². The van der Waals surface area contributed by atoms with Gasteiger partial charge in [0.1, 0.15) is 5.01 Å². The molecule has 0 atom stereocenters. The number of nitro benzene ring substituents is 1. The number of benzene rings is 2. The van der Waals surface area contributed by atoms with Gasteiger partial charge in [0.25, 0.3) is 11.6 Å². The maximum atomic E-state index is 12.7. The van der Waals surface area contributed by atoms with E-state index in [1.54, 1.807) is 30.4 Å². The summed E-state index contributed by atoms with van der Waals surface area (Å²) in [4.78, 5) is 32.1. The number of nitro groups is 1. The van der Waals surface area contributed by atoms with E-state index in [2.05, 4.69) is 16.0 Å². The van der Waals surface area contributed by atoms with Gasteiger partial charge in [0, 0.05) is 43.4 Å². The summed E-state index contributed by atoms with van der Waals surface area (Å²) < 4.78 is 1.19. The lowest BCUT2D eigenvalue weighted by Gasteiger charge is -2.34. The number of carbonyl (C=O) groups is 1. The van der Waals surface area contributed by atoms with Gasteiger partial charge < -0.3 is 4.90 Å². The van der Waals surface area contributed by atoms with Gasteiger partial charge in [-0.2, -0.15) is 0 Å². The minimum absolute atomic E-state index is 0.0391. The molecule has 8 heteroatoms. The number of fused-ring (bicyclic) bond motifs is 1. The zero-order valence-electron chi connectivity index (χ0n) is 15.5. The maximum Gasteiger partial charge on any atom is 0.272 e. The second-order valence-electron chi connectivity index (χ2n) is 6.90. The smallest absolute Gasteiger partial charge is 0.272 e. The number of rotatable bonds is 4. The Bertz CT molecular complexity index is 1010. The SMILES string of the molecule is Cc1cc(C(=O)N2CCN(Cc3nc4ccccc4s3)CC2)ccc1[N+](=O)[O-]. The molecule has 0 aliphatic carbocycles. The maximum absolute atomic E-state index is 12.7. The number of hydrogen-bond acceptors (Lipinski definition) is 6. The van der Waals surface area contributed by atoms with Crippen LogP contribution in [0.4, 0.5) is 5.69 Å². The third-order valence-corrected chi connectivity index (χ3v) is 6.02. The molecule has 1 amide bonds. The second kappa shape index (κ2) is 7.65. The number of hydrogen-bond donors (Lipinski definition) is 0. The van der Waals surface area contributed by atoms with Gasteiger partial charge in [-0.3, -0.25) is 19.8 Å². The highest BCUT2D eigenvalue weighted by Crippen LogP contribution is 2.24. The highest BCUT2D eigenvalue weighted by atomic mass is 32.1. The monoisotopic (exact) mass is 396 g/mol. The van der Waals surface area contributed by atoms with E-state index in [1.807, 2.05) is 23.1 Å². The molecule has 3 aromatic rings. The van der Waals surface area contributed by atoms with E-state index in [4.69, 9.17) is 0 Å². The fourth-order valence-electron chi connectivity index (χ4n) is 3.46. The van der Waals surface area contributed by atoms with Crippen LogP contribution in [0, 0.1) is 17.0 Å². The number of nitrogens with zero attached hydrogens (tertiary/aromatic N) is 4. The van der Waals surface area contributed by atoms with Crippen LogP contribution in [0.2, 0.25) is 0 Å². The minimum atomic E-state index is -0.426. The number of thiazole rings is 1. The predicted octanol–water partition coefficient (Wildman–Crippen LogP) is 3.47. The topological polar surface area (TPSA) is 79.6 Å². The third kappa shape index (κ3) is 3.74. The van der Waals surface area contributed by atoms with E-state index in [0.29, 0.717) is 24.2 Å². The predicted molar refractivity (Wildman–Crippen MR) is 109 cm³/mol. The lowest BCUT2D eigenvalue weighted by Crippen LogP contribution is -2.48. The van der Waals surface area contributed by atoms with Crippen LogP contribution in [0.25, 0.3) is 10.2 Å². The molecule has 1 aliphatic rings. The van der Waals surface area contributed by atoms with Crippen molar-refractivity contribution in [2.75, 3.05) is 26.2 Å². The molecule has 2 heterocycles. The highest BCUT2D eigenvalue weighted by Gasteiger charge is 2.24. The number of piperazine rings is 1. The molecule has 1 aromatic heterocycles. The molecule has 0 saturated carbocycles. The molecule has 1 saturated heterocycles. The summed E-state index contributed by atoms with van der Waals surface area (Å²) in [5.74, 6) is -0.0716. The second-order valence-corrected chi connectivity index (χ2v) is 8.02. The van der Waals surface area contributed by atoms with E-state index >= 15 is 0 Å². The normalized spacial score (nSPS) is 15.1. The molecule has 0 N–H and O–H groups in total. The number of carbonyl (C=O) groups excluding carboxylic acids is 1. The van der Waals surface area contributed by atoms with Gasteiger partial charge in [-0.15, -0.1) is 11.3 Å². The first kappa shape index (κ1) is 18.5. The van der Waals surface area contributed by atoms with Crippen LogP contribution < -0.4 is 0 Å². The van der Waals surface area contributed by atoms with Crippen molar-refractivity contribution in [2.45, 2.75) is 13.5 Å². The van der Waals surface area contributed by atoms with Gasteiger partial charge in [0.2, 0.25) is 0 Å². The summed E-state index contributed by atoms with van der Waals surface area (Å²) in [6.07, 6.45) is 0. The Labute approximate surface area is 166 Å². The summed E-state index contributed by atoms with van der Waals surface area (Å²) >= 11 is 1.71. The van der Waals surface area contributed by atoms with Gasteiger partial charge in [0.05, 0.1) is 21.7 Å². The molecule has 2 aromatic carbocycles. The van der Waals surface area contributed by atoms with Crippen molar-refractivity contribution in [1.29, 1.82) is 0 Å². The van der Waals surface area contributed by atoms with Crippen molar-refractivity contribution < 1.29 is 9.72 Å². The van der Waals surface area contributed by atoms with Gasteiger partial charge in [-0.1, -0.05) is 12.1 Å². The highest BCUT2D eigenvalue weighted by molar-refractivity contribution is 7.18. The zero-order chi connectivity index (χ0) is 19.7. The van der Waals surface area contributed by atoms with E-state index in [9.17, 15) is 14.9 Å². The quantitative estimate of drug-likeness (QED) is 0.498. The van der Waals surface area contributed by atoms with Crippen LogP contribution in [0.1, 0.15) is 20.9 Å². The van der Waals surface area contributed by atoms with Crippen LogP contribution in [0.5, 0.6) is 0 Å². The van der Waals surface area contributed by atoms with Crippen molar-refractivity contribution in [3.63, 3.8) is 0 Å². The molecule has 1 aliphatic heterocycles. The number of amides is 1. The summed E-state index contributed by atoms with van der Waals surface area (Å²) in [6.45, 7) is 5.30. The Morgan fingerprint density at radius 1 is 1.18 bits per heavy atom. The van der Waals surface area contributed by atoms with Gasteiger partial charge in [-0.05, 0) is 31.2 Å². The van der Waals surface area contributed by atoms with E-state index in [-0.39, 0.29) is 11.6 Å². The van der Waals surface area contributed by atoms with E-state index < -0.39 is 4.92 Å². The first-order valence-electron chi connectivity index (χ1n) is 9.12. The van der Waals surface area contributed by atoms with Crippen molar-refractivity contribution in [2.24, 2.45) is 0 Å². The Kier molecular flexibility index (Phi) is 5.06. The third-order valence-electron chi connectivity index (χ3n) is 5.00. The van der Waals surface area contributed by atoms with Crippen molar-refractivity contribution >= 4 is 33.1 Å². The van der Waals surface area contributed by atoms with E-state index in [0.717, 1.165) is 30.2 Å². The fraction of sp³-hybridized carbons (Fsp3) is 0.300. The van der Waals surface area contributed by atoms with Crippen LogP contribution in [-0.2, 0) is 6.54 Å². The summed E-state index contributed by atoms with van der Waals surface area (Å²) in [5, 5.41) is 12.0. The number of aromatic nitrogens is 1. The lowest BCUT2D eigenvalue weighted by molar-refractivity contribution is -0.385. The molecule has 0 spiro atoms. The van der Waals surface area contributed by atoms with Crippen LogP contribution >= 0.6 is 11.3 Å². The molecule has 1 fully saturated rings. The fourth-order valence-corrected chi connectivity index (χ4v) is 4.47. The summed E-state index contributed by atoms with van der Waals surface area (Å²) in [6, 6.07) is 12.7. The summed E-state index contributed by atoms with van der Waals surface area (Å²) in [7, 11) is 0.